The van der Waals surface area contributed by atoms with Gasteiger partial charge in [0.2, 0.25) is 0 Å². The first-order chi connectivity index (χ1) is 19.8. The van der Waals surface area contributed by atoms with Crippen LogP contribution >= 0.6 is 0 Å². The van der Waals surface area contributed by atoms with E-state index in [1.165, 1.54) is 22.9 Å². The van der Waals surface area contributed by atoms with Crippen LogP contribution < -0.4 is 16.4 Å². The number of H-pyrrole nitrogens is 1. The van der Waals surface area contributed by atoms with Gasteiger partial charge in [0.05, 0.1) is 35.0 Å². The molecule has 0 amide bonds. The molecule has 0 radical (unpaired) electrons. The number of halogens is 7. The van der Waals surface area contributed by atoms with Crippen LogP contribution in [-0.4, -0.2) is 44.0 Å². The molecule has 0 fully saturated rings. The number of hydrogen-bond acceptors (Lipinski definition) is 7. The molecule has 0 aliphatic rings. The summed E-state index contributed by atoms with van der Waals surface area (Å²) in [6.45, 7) is 2.11. The van der Waals surface area contributed by atoms with Gasteiger partial charge in [0.15, 0.2) is 5.82 Å². The van der Waals surface area contributed by atoms with Crippen molar-refractivity contribution in [3.8, 4) is 11.4 Å². The molecule has 3 heterocycles. The zero-order valence-electron chi connectivity index (χ0n) is 21.8. The highest BCUT2D eigenvalue weighted by Gasteiger charge is 2.37. The fraction of sp³-hybridized carbons (Fsp3) is 0.346. The topological polar surface area (TPSA) is 115 Å². The highest BCUT2D eigenvalue weighted by Crippen LogP contribution is 2.32. The molecule has 3 aromatic heterocycles. The van der Waals surface area contributed by atoms with E-state index in [4.69, 9.17) is 4.74 Å². The van der Waals surface area contributed by atoms with Gasteiger partial charge in [-0.1, -0.05) is 0 Å². The number of rotatable bonds is 10. The average molecular weight is 600 g/mol. The first-order valence-electron chi connectivity index (χ1n) is 12.5. The van der Waals surface area contributed by atoms with Crippen LogP contribution in [-0.2, 0) is 23.6 Å². The lowest BCUT2D eigenvalue weighted by molar-refractivity contribution is -0.139. The summed E-state index contributed by atoms with van der Waals surface area (Å²) >= 11 is 0. The Balaban J connectivity index is 1.51. The van der Waals surface area contributed by atoms with Gasteiger partial charge in [0.25, 0.3) is 11.1 Å². The molecular formula is C26H23F7N6O3. The number of pyridine rings is 1. The number of alkyl halides is 6. The van der Waals surface area contributed by atoms with Crippen molar-refractivity contribution >= 4 is 16.5 Å². The Bertz CT molecular complexity index is 1670. The van der Waals surface area contributed by atoms with E-state index >= 15 is 0 Å². The Morgan fingerprint density at radius 3 is 2.40 bits per heavy atom. The number of fused-ring (bicyclic) bond motifs is 1. The predicted molar refractivity (Wildman–Crippen MR) is 137 cm³/mol. The summed E-state index contributed by atoms with van der Waals surface area (Å²) in [4.78, 5) is 32.0. The third-order valence-corrected chi connectivity index (χ3v) is 6.26. The minimum Gasteiger partial charge on any atom is -0.380 e. The zero-order valence-corrected chi connectivity index (χ0v) is 21.8. The molecule has 0 aliphatic heterocycles. The van der Waals surface area contributed by atoms with Gasteiger partial charge in [-0.2, -0.15) is 31.4 Å². The molecule has 16 heteroatoms. The lowest BCUT2D eigenvalue weighted by atomic mass is 10.1. The van der Waals surface area contributed by atoms with Gasteiger partial charge < -0.3 is 14.6 Å². The molecule has 1 atom stereocenters. The van der Waals surface area contributed by atoms with Gasteiger partial charge in [-0.15, -0.1) is 0 Å². The van der Waals surface area contributed by atoms with E-state index in [0.29, 0.717) is 17.8 Å². The maximum Gasteiger partial charge on any atom is 0.423 e. The lowest BCUT2D eigenvalue weighted by Gasteiger charge is -2.22. The first kappa shape index (κ1) is 30.6. The second-order valence-corrected chi connectivity index (χ2v) is 9.16. The predicted octanol–water partition coefficient (Wildman–Crippen LogP) is 5.02. The van der Waals surface area contributed by atoms with Gasteiger partial charge in [0.1, 0.15) is 11.4 Å². The fourth-order valence-corrected chi connectivity index (χ4v) is 4.24. The van der Waals surface area contributed by atoms with Crippen molar-refractivity contribution in [2.45, 2.75) is 44.7 Å². The van der Waals surface area contributed by atoms with E-state index in [0.717, 1.165) is 12.3 Å². The standard InChI is InChI=1S/C26H23F7N6O3/c1-2-42-13-16(37-20-12-36-38-23(40)21(20)26(31,32)33)4-3-6-39-7-5-14-8-18(19(27)9-17(14)24(39)41)22-34-10-15(11-35-22)25(28,29)30/h5,7-12,16H,2-4,6,13H2,1H3,(H2,37,38,40). The maximum atomic E-state index is 14.9. The molecule has 0 spiro atoms. The molecule has 42 heavy (non-hydrogen) atoms. The summed E-state index contributed by atoms with van der Waals surface area (Å²) in [7, 11) is 0. The molecule has 0 saturated carbocycles. The summed E-state index contributed by atoms with van der Waals surface area (Å²) in [5.41, 5.74) is -5.17. The second-order valence-electron chi connectivity index (χ2n) is 9.16. The molecule has 1 aromatic carbocycles. The second kappa shape index (κ2) is 12.3. The molecular weight excluding hydrogens is 577 g/mol. The van der Waals surface area contributed by atoms with Crippen molar-refractivity contribution in [1.29, 1.82) is 0 Å². The molecule has 0 bridgehead atoms. The van der Waals surface area contributed by atoms with E-state index in [1.807, 2.05) is 0 Å². The van der Waals surface area contributed by atoms with Crippen LogP contribution in [0.2, 0.25) is 0 Å². The first-order valence-corrected chi connectivity index (χ1v) is 12.5. The average Bonchev–Trinajstić information content (AvgIpc) is 2.92. The Morgan fingerprint density at radius 2 is 1.76 bits per heavy atom. The third kappa shape index (κ3) is 6.92. The SMILES string of the molecule is CCOCC(CCCn1ccc2cc(-c3ncc(C(F)(F)F)cn3)c(F)cc2c1=O)Nc1cn[nH]c(=O)c1C(F)(F)F. The van der Waals surface area contributed by atoms with E-state index in [9.17, 15) is 40.3 Å². The number of aryl methyl sites for hydroxylation is 1. The van der Waals surface area contributed by atoms with Crippen molar-refractivity contribution in [2.75, 3.05) is 18.5 Å². The smallest absolute Gasteiger partial charge is 0.380 e. The number of aromatic nitrogens is 5. The van der Waals surface area contributed by atoms with E-state index in [1.54, 1.807) is 12.0 Å². The Labute approximate surface area is 232 Å². The zero-order chi connectivity index (χ0) is 30.7. The quantitative estimate of drug-likeness (QED) is 0.246. The normalized spacial score (nSPS) is 13.0. The molecule has 0 saturated heterocycles. The van der Waals surface area contributed by atoms with Crippen LogP contribution in [0.5, 0.6) is 0 Å². The van der Waals surface area contributed by atoms with Crippen molar-refractivity contribution in [3.05, 3.63) is 80.6 Å². The molecule has 9 nitrogen and oxygen atoms in total. The number of nitrogens with zero attached hydrogens (tertiary/aromatic N) is 4. The molecule has 1 unspecified atom stereocenters. The maximum absolute atomic E-state index is 14.9. The van der Waals surface area contributed by atoms with Crippen LogP contribution in [0.15, 0.2) is 52.6 Å². The number of aromatic amines is 1. The fourth-order valence-electron chi connectivity index (χ4n) is 4.24. The largest absolute Gasteiger partial charge is 0.423 e. The number of anilines is 1. The summed E-state index contributed by atoms with van der Waals surface area (Å²) in [6.07, 6.45) is -5.71. The van der Waals surface area contributed by atoms with Crippen LogP contribution in [0, 0.1) is 5.82 Å². The highest BCUT2D eigenvalue weighted by atomic mass is 19.4. The minimum absolute atomic E-state index is 0.000873. The monoisotopic (exact) mass is 600 g/mol. The van der Waals surface area contributed by atoms with Crippen molar-refractivity contribution in [1.82, 2.24) is 24.7 Å². The number of nitrogens with one attached hydrogen (secondary N) is 2. The van der Waals surface area contributed by atoms with Gasteiger partial charge in [-0.3, -0.25) is 9.59 Å². The van der Waals surface area contributed by atoms with Crippen LogP contribution in [0.4, 0.5) is 36.4 Å². The van der Waals surface area contributed by atoms with Crippen LogP contribution in [0.3, 0.4) is 0 Å². The van der Waals surface area contributed by atoms with E-state index < -0.39 is 52.1 Å². The van der Waals surface area contributed by atoms with Gasteiger partial charge in [-0.25, -0.2) is 19.5 Å². The molecule has 4 aromatic rings. The third-order valence-electron chi connectivity index (χ3n) is 6.26. The van der Waals surface area contributed by atoms with Crippen LogP contribution in [0.25, 0.3) is 22.2 Å². The Hall–Kier alpha value is -4.34. The summed E-state index contributed by atoms with van der Waals surface area (Å²) in [5, 5.41) is 8.16. The molecule has 0 aliphatic carbocycles. The summed E-state index contributed by atoms with van der Waals surface area (Å²) < 4.78 is 100. The minimum atomic E-state index is -4.93. The van der Waals surface area contributed by atoms with Crippen molar-refractivity contribution < 1.29 is 35.5 Å². The number of benzene rings is 1. The molecule has 4 rings (SSSR count). The van der Waals surface area contributed by atoms with Gasteiger partial charge in [0, 0.05) is 37.8 Å². The highest BCUT2D eigenvalue weighted by molar-refractivity contribution is 5.86. The van der Waals surface area contributed by atoms with Crippen molar-refractivity contribution in [3.63, 3.8) is 0 Å². The van der Waals surface area contributed by atoms with E-state index in [2.05, 4.69) is 20.4 Å². The number of ether oxygens (including phenoxy) is 1. The molecule has 224 valence electrons. The lowest BCUT2D eigenvalue weighted by Crippen LogP contribution is -2.31. The number of hydrogen-bond donors (Lipinski definition) is 2. The summed E-state index contributed by atoms with van der Waals surface area (Å²) in [5.74, 6) is -1.20. The van der Waals surface area contributed by atoms with Crippen molar-refractivity contribution in [2.24, 2.45) is 0 Å². The van der Waals surface area contributed by atoms with Crippen LogP contribution in [0.1, 0.15) is 30.9 Å². The molecule has 2 N–H and O–H groups in total. The summed E-state index contributed by atoms with van der Waals surface area (Å²) in [6, 6.07) is 3.05. The Morgan fingerprint density at radius 1 is 1.05 bits per heavy atom. The van der Waals surface area contributed by atoms with Gasteiger partial charge >= 0.3 is 12.4 Å². The van der Waals surface area contributed by atoms with Gasteiger partial charge in [-0.05, 0) is 43.4 Å². The van der Waals surface area contributed by atoms with E-state index in [-0.39, 0.29) is 49.4 Å². The Kier molecular flexibility index (Phi) is 8.94.